The second kappa shape index (κ2) is 6.69. The predicted octanol–water partition coefficient (Wildman–Crippen LogP) is 3.54. The molecule has 1 fully saturated rings. The summed E-state index contributed by atoms with van der Waals surface area (Å²) in [6, 6.07) is 4.00. The minimum atomic E-state index is -0.617. The van der Waals surface area contributed by atoms with Crippen molar-refractivity contribution in [1.29, 1.82) is 0 Å². The van der Waals surface area contributed by atoms with Crippen molar-refractivity contribution >= 4 is 5.97 Å². The van der Waals surface area contributed by atoms with Gasteiger partial charge >= 0.3 is 5.97 Å². The lowest BCUT2D eigenvalue weighted by Crippen LogP contribution is -2.32. The molecule has 3 unspecified atom stereocenters. The average Bonchev–Trinajstić information content (AvgIpc) is 2.40. The summed E-state index contributed by atoms with van der Waals surface area (Å²) in [6.07, 6.45) is 9.87. The average molecular weight is 261 g/mol. The van der Waals surface area contributed by atoms with Crippen LogP contribution in [0.3, 0.4) is 0 Å². The van der Waals surface area contributed by atoms with Gasteiger partial charge in [0.2, 0.25) is 0 Å². The molecule has 1 aromatic rings. The van der Waals surface area contributed by atoms with Crippen LogP contribution >= 0.6 is 0 Å². The van der Waals surface area contributed by atoms with Crippen molar-refractivity contribution in [3.05, 3.63) is 30.1 Å². The molecule has 3 nitrogen and oxygen atoms in total. The number of rotatable bonds is 5. The predicted molar refractivity (Wildman–Crippen MR) is 74.8 cm³/mol. The molecule has 1 aliphatic rings. The van der Waals surface area contributed by atoms with E-state index in [-0.39, 0.29) is 11.8 Å². The molecular formula is C16H23NO2. The van der Waals surface area contributed by atoms with Crippen LogP contribution in [0.1, 0.15) is 44.6 Å². The normalized spacial score (nSPS) is 27.1. The van der Waals surface area contributed by atoms with Gasteiger partial charge in [-0.3, -0.25) is 9.78 Å². The second-order valence-electron chi connectivity index (χ2n) is 5.73. The number of pyridine rings is 1. The summed E-state index contributed by atoms with van der Waals surface area (Å²) >= 11 is 0. The SMILES string of the molecule is CCCC1CCC(C(=O)O)C(Cc2ccncc2)C1. The van der Waals surface area contributed by atoms with Crippen LogP contribution in [0.4, 0.5) is 0 Å². The molecule has 0 saturated heterocycles. The van der Waals surface area contributed by atoms with Crippen LogP contribution in [0.15, 0.2) is 24.5 Å². The van der Waals surface area contributed by atoms with Gasteiger partial charge in [0.25, 0.3) is 0 Å². The van der Waals surface area contributed by atoms with E-state index >= 15 is 0 Å². The van der Waals surface area contributed by atoms with E-state index in [0.717, 1.165) is 25.7 Å². The summed E-state index contributed by atoms with van der Waals surface area (Å²) in [6.45, 7) is 2.21. The maximum atomic E-state index is 11.4. The molecule has 0 aliphatic heterocycles. The lowest BCUT2D eigenvalue weighted by molar-refractivity contribution is -0.145. The Morgan fingerprint density at radius 3 is 2.74 bits per heavy atom. The van der Waals surface area contributed by atoms with E-state index in [9.17, 15) is 9.90 Å². The fourth-order valence-electron chi connectivity index (χ4n) is 3.40. The van der Waals surface area contributed by atoms with Gasteiger partial charge in [0.05, 0.1) is 5.92 Å². The van der Waals surface area contributed by atoms with E-state index in [0.29, 0.717) is 5.92 Å². The molecule has 104 valence electrons. The molecule has 1 aromatic heterocycles. The molecule has 0 radical (unpaired) electrons. The van der Waals surface area contributed by atoms with Crippen molar-refractivity contribution in [1.82, 2.24) is 4.98 Å². The van der Waals surface area contributed by atoms with Gasteiger partial charge in [-0.1, -0.05) is 19.8 Å². The Labute approximate surface area is 115 Å². The first-order valence-corrected chi connectivity index (χ1v) is 7.32. The highest BCUT2D eigenvalue weighted by molar-refractivity contribution is 5.70. The van der Waals surface area contributed by atoms with Crippen molar-refractivity contribution in [2.24, 2.45) is 17.8 Å². The Morgan fingerprint density at radius 1 is 1.37 bits per heavy atom. The zero-order valence-corrected chi connectivity index (χ0v) is 11.6. The summed E-state index contributed by atoms with van der Waals surface area (Å²) in [7, 11) is 0. The van der Waals surface area contributed by atoms with Gasteiger partial charge < -0.3 is 5.11 Å². The summed E-state index contributed by atoms with van der Waals surface area (Å²) in [5, 5.41) is 9.39. The molecule has 0 bridgehead atoms. The Balaban J connectivity index is 2.05. The van der Waals surface area contributed by atoms with Crippen LogP contribution in [0, 0.1) is 17.8 Å². The van der Waals surface area contributed by atoms with Gasteiger partial charge in [-0.2, -0.15) is 0 Å². The smallest absolute Gasteiger partial charge is 0.306 e. The zero-order valence-electron chi connectivity index (χ0n) is 11.6. The van der Waals surface area contributed by atoms with Crippen LogP contribution in [0.5, 0.6) is 0 Å². The molecule has 1 saturated carbocycles. The van der Waals surface area contributed by atoms with E-state index < -0.39 is 5.97 Å². The largest absolute Gasteiger partial charge is 0.481 e. The Morgan fingerprint density at radius 2 is 2.11 bits per heavy atom. The van der Waals surface area contributed by atoms with Crippen molar-refractivity contribution in [2.75, 3.05) is 0 Å². The molecular weight excluding hydrogens is 238 g/mol. The first-order valence-electron chi connectivity index (χ1n) is 7.32. The third-order valence-electron chi connectivity index (χ3n) is 4.35. The fourth-order valence-corrected chi connectivity index (χ4v) is 3.40. The number of carboxylic acids is 1. The minimum absolute atomic E-state index is 0.165. The number of hydrogen-bond acceptors (Lipinski definition) is 2. The fraction of sp³-hybridized carbons (Fsp3) is 0.625. The van der Waals surface area contributed by atoms with E-state index in [1.54, 1.807) is 12.4 Å². The number of nitrogens with zero attached hydrogens (tertiary/aromatic N) is 1. The highest BCUT2D eigenvalue weighted by Crippen LogP contribution is 2.38. The Kier molecular flexibility index (Phi) is 4.94. The zero-order chi connectivity index (χ0) is 13.7. The van der Waals surface area contributed by atoms with Gasteiger partial charge in [0, 0.05) is 12.4 Å². The molecule has 1 N–H and O–H groups in total. The van der Waals surface area contributed by atoms with E-state index in [1.807, 2.05) is 12.1 Å². The summed E-state index contributed by atoms with van der Waals surface area (Å²) < 4.78 is 0. The standard InChI is InChI=1S/C16H23NO2/c1-2-3-12-4-5-15(16(18)19)14(10-12)11-13-6-8-17-9-7-13/h6-9,12,14-15H,2-5,10-11H2,1H3,(H,18,19). The highest BCUT2D eigenvalue weighted by Gasteiger charge is 2.34. The maximum absolute atomic E-state index is 11.4. The molecule has 3 heteroatoms. The number of carbonyl (C=O) groups is 1. The highest BCUT2D eigenvalue weighted by atomic mass is 16.4. The molecule has 19 heavy (non-hydrogen) atoms. The lowest BCUT2D eigenvalue weighted by atomic mass is 9.70. The Bertz CT molecular complexity index is 404. The number of carboxylic acid groups (broad SMARTS) is 1. The third kappa shape index (κ3) is 3.79. The van der Waals surface area contributed by atoms with Gasteiger partial charge in [-0.25, -0.2) is 0 Å². The molecule has 3 atom stereocenters. The van der Waals surface area contributed by atoms with Gasteiger partial charge in [-0.05, 0) is 55.2 Å². The quantitative estimate of drug-likeness (QED) is 0.882. The maximum Gasteiger partial charge on any atom is 0.306 e. The molecule has 1 aliphatic carbocycles. The van der Waals surface area contributed by atoms with Crippen molar-refractivity contribution in [2.45, 2.75) is 45.4 Å². The second-order valence-corrected chi connectivity index (χ2v) is 5.73. The number of hydrogen-bond donors (Lipinski definition) is 1. The molecule has 0 aromatic carbocycles. The third-order valence-corrected chi connectivity index (χ3v) is 4.35. The monoisotopic (exact) mass is 261 g/mol. The van der Waals surface area contributed by atoms with Crippen LogP contribution in [0.25, 0.3) is 0 Å². The molecule has 0 amide bonds. The van der Waals surface area contributed by atoms with Gasteiger partial charge in [-0.15, -0.1) is 0 Å². The summed E-state index contributed by atoms with van der Waals surface area (Å²) in [5.74, 6) is 0.216. The van der Waals surface area contributed by atoms with Crippen LogP contribution in [0.2, 0.25) is 0 Å². The lowest BCUT2D eigenvalue weighted by Gasteiger charge is -2.34. The molecule has 0 spiro atoms. The summed E-state index contributed by atoms with van der Waals surface area (Å²) in [5.41, 5.74) is 1.21. The number of aliphatic carboxylic acids is 1. The first-order chi connectivity index (χ1) is 9.20. The van der Waals surface area contributed by atoms with Crippen LogP contribution in [-0.2, 0) is 11.2 Å². The molecule has 1 heterocycles. The first kappa shape index (κ1) is 14.0. The van der Waals surface area contributed by atoms with Crippen molar-refractivity contribution in [3.8, 4) is 0 Å². The van der Waals surface area contributed by atoms with E-state index in [4.69, 9.17) is 0 Å². The van der Waals surface area contributed by atoms with E-state index in [2.05, 4.69) is 11.9 Å². The van der Waals surface area contributed by atoms with E-state index in [1.165, 1.54) is 18.4 Å². The van der Waals surface area contributed by atoms with Gasteiger partial charge in [0.1, 0.15) is 0 Å². The van der Waals surface area contributed by atoms with Crippen molar-refractivity contribution in [3.63, 3.8) is 0 Å². The van der Waals surface area contributed by atoms with Crippen LogP contribution in [-0.4, -0.2) is 16.1 Å². The number of aromatic nitrogens is 1. The summed E-state index contributed by atoms with van der Waals surface area (Å²) in [4.78, 5) is 15.4. The van der Waals surface area contributed by atoms with Crippen LogP contribution < -0.4 is 0 Å². The topological polar surface area (TPSA) is 50.2 Å². The molecule has 2 rings (SSSR count). The minimum Gasteiger partial charge on any atom is -0.481 e. The van der Waals surface area contributed by atoms with Crippen molar-refractivity contribution < 1.29 is 9.90 Å². The van der Waals surface area contributed by atoms with Gasteiger partial charge in [0.15, 0.2) is 0 Å². The Hall–Kier alpha value is -1.38.